The number of carbonyl (C=O) groups is 2. The summed E-state index contributed by atoms with van der Waals surface area (Å²) in [6, 6.07) is 10.4. The first-order valence-corrected chi connectivity index (χ1v) is 9.30. The lowest BCUT2D eigenvalue weighted by molar-refractivity contribution is -0.120. The van der Waals surface area contributed by atoms with Crippen molar-refractivity contribution in [1.29, 1.82) is 0 Å². The lowest BCUT2D eigenvalue weighted by atomic mass is 10.1. The molecule has 0 aliphatic heterocycles. The molecule has 0 bridgehead atoms. The number of amides is 2. The van der Waals surface area contributed by atoms with Crippen LogP contribution < -0.4 is 20.8 Å². The number of nitrogens with zero attached hydrogens (tertiary/aromatic N) is 1. The average molecular weight is 410 g/mol. The first-order valence-electron chi connectivity index (χ1n) is 9.30. The molecule has 0 spiro atoms. The zero-order chi connectivity index (χ0) is 21.3. The van der Waals surface area contributed by atoms with Crippen LogP contribution in [0.4, 0.5) is 0 Å². The highest BCUT2D eigenvalue weighted by molar-refractivity contribution is 5.98. The van der Waals surface area contributed by atoms with Gasteiger partial charge in [0.1, 0.15) is 12.2 Å². The fourth-order valence-corrected chi connectivity index (χ4v) is 2.69. The number of benzene rings is 1. The summed E-state index contributed by atoms with van der Waals surface area (Å²) in [5, 5.41) is 5.55. The molecule has 1 aromatic carbocycles. The highest BCUT2D eigenvalue weighted by Crippen LogP contribution is 2.08. The smallest absolute Gasteiger partial charge is 0.257 e. The van der Waals surface area contributed by atoms with E-state index in [1.54, 1.807) is 49.7 Å². The molecule has 30 heavy (non-hydrogen) atoms. The Balaban J connectivity index is 1.48. The van der Waals surface area contributed by atoms with Crippen molar-refractivity contribution in [1.82, 2.24) is 20.6 Å². The summed E-state index contributed by atoms with van der Waals surface area (Å²) in [7, 11) is 1.59. The second-order valence-electron chi connectivity index (χ2n) is 6.38. The standard InChI is InChI=1S/C21H22N4O5/c1-29-8-9-30-19-7-6-14(11-24-19)10-23-18(26)13-25-21(28)16-12-22-17-5-3-2-4-15(17)20(16)27/h2-7,11-12H,8-10,13H2,1H3,(H,22,27)(H,23,26)(H,25,28). The molecular formula is C21H22N4O5. The maximum atomic E-state index is 12.4. The second-order valence-corrected chi connectivity index (χ2v) is 6.38. The van der Waals surface area contributed by atoms with Crippen LogP contribution in [0.15, 0.2) is 53.6 Å². The van der Waals surface area contributed by atoms with E-state index >= 15 is 0 Å². The van der Waals surface area contributed by atoms with Gasteiger partial charge in [-0.2, -0.15) is 0 Å². The first kappa shape index (κ1) is 21.0. The molecule has 2 amide bonds. The summed E-state index contributed by atoms with van der Waals surface area (Å²) in [4.78, 5) is 43.8. The van der Waals surface area contributed by atoms with Crippen LogP contribution in [0, 0.1) is 0 Å². The van der Waals surface area contributed by atoms with Crippen LogP contribution in [0.2, 0.25) is 0 Å². The zero-order valence-corrected chi connectivity index (χ0v) is 16.4. The minimum absolute atomic E-state index is 0.0465. The Labute approximate surface area is 172 Å². The van der Waals surface area contributed by atoms with Gasteiger partial charge in [0.2, 0.25) is 17.2 Å². The van der Waals surface area contributed by atoms with E-state index in [1.165, 1.54) is 6.20 Å². The van der Waals surface area contributed by atoms with E-state index in [0.29, 0.717) is 30.0 Å². The van der Waals surface area contributed by atoms with Gasteiger partial charge in [-0.05, 0) is 17.7 Å². The molecule has 0 radical (unpaired) electrons. The van der Waals surface area contributed by atoms with Gasteiger partial charge >= 0.3 is 0 Å². The van der Waals surface area contributed by atoms with Gasteiger partial charge in [-0.3, -0.25) is 14.4 Å². The van der Waals surface area contributed by atoms with E-state index in [2.05, 4.69) is 20.6 Å². The number of fused-ring (bicyclic) bond motifs is 1. The van der Waals surface area contributed by atoms with Crippen molar-refractivity contribution in [3.8, 4) is 5.88 Å². The number of ether oxygens (including phenoxy) is 2. The van der Waals surface area contributed by atoms with Crippen molar-refractivity contribution in [2.24, 2.45) is 0 Å². The number of rotatable bonds is 9. The Morgan fingerprint density at radius 1 is 1.10 bits per heavy atom. The highest BCUT2D eigenvalue weighted by atomic mass is 16.5. The lowest BCUT2D eigenvalue weighted by Crippen LogP contribution is -2.38. The Morgan fingerprint density at radius 3 is 2.70 bits per heavy atom. The Bertz CT molecular complexity index is 1080. The minimum Gasteiger partial charge on any atom is -0.475 e. The van der Waals surface area contributed by atoms with Gasteiger partial charge < -0.3 is 25.1 Å². The van der Waals surface area contributed by atoms with Crippen molar-refractivity contribution in [3.05, 3.63) is 70.1 Å². The molecule has 156 valence electrons. The molecule has 2 aromatic heterocycles. The van der Waals surface area contributed by atoms with E-state index in [1.807, 2.05) is 0 Å². The predicted molar refractivity (Wildman–Crippen MR) is 110 cm³/mol. The molecule has 3 rings (SSSR count). The van der Waals surface area contributed by atoms with E-state index in [0.717, 1.165) is 5.56 Å². The molecular weight excluding hydrogens is 388 g/mol. The van der Waals surface area contributed by atoms with Crippen LogP contribution in [0.3, 0.4) is 0 Å². The number of nitrogens with one attached hydrogen (secondary N) is 3. The molecule has 0 atom stereocenters. The molecule has 0 fully saturated rings. The summed E-state index contributed by atoms with van der Waals surface area (Å²) in [6.45, 7) is 0.864. The number of hydrogen-bond donors (Lipinski definition) is 3. The molecule has 2 heterocycles. The summed E-state index contributed by atoms with van der Waals surface area (Å²) in [6.07, 6.45) is 2.94. The molecule has 9 nitrogen and oxygen atoms in total. The number of H-pyrrole nitrogens is 1. The van der Waals surface area contributed by atoms with Gasteiger partial charge in [-0.1, -0.05) is 18.2 Å². The molecule has 0 aliphatic carbocycles. The van der Waals surface area contributed by atoms with Crippen LogP contribution in [0.1, 0.15) is 15.9 Å². The summed E-state index contributed by atoms with van der Waals surface area (Å²) in [5.41, 5.74) is 0.983. The van der Waals surface area contributed by atoms with E-state index in [-0.39, 0.29) is 30.0 Å². The van der Waals surface area contributed by atoms with Crippen LogP contribution in [0.25, 0.3) is 10.9 Å². The van der Waals surface area contributed by atoms with Crippen molar-refractivity contribution < 1.29 is 19.1 Å². The molecule has 0 aliphatic rings. The molecule has 0 unspecified atom stereocenters. The third kappa shape index (κ3) is 5.42. The van der Waals surface area contributed by atoms with Gasteiger partial charge in [0.05, 0.1) is 13.2 Å². The Morgan fingerprint density at radius 2 is 1.93 bits per heavy atom. The van der Waals surface area contributed by atoms with E-state index < -0.39 is 5.91 Å². The fraction of sp³-hybridized carbons (Fsp3) is 0.238. The summed E-state index contributed by atoms with van der Waals surface area (Å²) in [5.74, 6) is -0.535. The number of pyridine rings is 2. The number of hydrogen-bond acceptors (Lipinski definition) is 6. The van der Waals surface area contributed by atoms with Gasteiger partial charge in [0, 0.05) is 43.0 Å². The molecule has 0 saturated heterocycles. The normalized spacial score (nSPS) is 10.6. The number of methoxy groups -OCH3 is 1. The molecule has 3 aromatic rings. The van der Waals surface area contributed by atoms with Gasteiger partial charge in [0.25, 0.3) is 5.91 Å². The number of aromatic nitrogens is 2. The Kier molecular flexibility index (Phi) is 7.12. The monoisotopic (exact) mass is 410 g/mol. The third-order valence-electron chi connectivity index (χ3n) is 4.27. The van der Waals surface area contributed by atoms with E-state index in [4.69, 9.17) is 9.47 Å². The summed E-state index contributed by atoms with van der Waals surface area (Å²) >= 11 is 0. The van der Waals surface area contributed by atoms with Crippen molar-refractivity contribution in [3.63, 3.8) is 0 Å². The largest absolute Gasteiger partial charge is 0.475 e. The van der Waals surface area contributed by atoms with Crippen LogP contribution >= 0.6 is 0 Å². The number of para-hydroxylation sites is 1. The molecule has 3 N–H and O–H groups in total. The maximum absolute atomic E-state index is 12.4. The van der Waals surface area contributed by atoms with Crippen molar-refractivity contribution in [2.75, 3.05) is 26.9 Å². The fourth-order valence-electron chi connectivity index (χ4n) is 2.69. The van der Waals surface area contributed by atoms with Gasteiger partial charge in [-0.25, -0.2) is 4.98 Å². The van der Waals surface area contributed by atoms with Crippen molar-refractivity contribution in [2.45, 2.75) is 6.54 Å². The minimum atomic E-state index is -0.614. The molecule has 9 heteroatoms. The topological polar surface area (TPSA) is 122 Å². The van der Waals surface area contributed by atoms with Gasteiger partial charge in [-0.15, -0.1) is 0 Å². The lowest BCUT2D eigenvalue weighted by Gasteiger charge is -2.08. The average Bonchev–Trinajstić information content (AvgIpc) is 2.77. The quantitative estimate of drug-likeness (QED) is 0.452. The first-order chi connectivity index (χ1) is 14.6. The van der Waals surface area contributed by atoms with Crippen LogP contribution in [0.5, 0.6) is 5.88 Å². The SMILES string of the molecule is COCCOc1ccc(CNC(=O)CNC(=O)c2c[nH]c3ccccc3c2=O)cn1. The molecule has 0 saturated carbocycles. The number of aromatic amines is 1. The maximum Gasteiger partial charge on any atom is 0.257 e. The highest BCUT2D eigenvalue weighted by Gasteiger charge is 2.13. The Hall–Kier alpha value is -3.72. The predicted octanol–water partition coefficient (Wildman–Crippen LogP) is 0.994. The van der Waals surface area contributed by atoms with E-state index in [9.17, 15) is 14.4 Å². The second kappa shape index (κ2) is 10.2. The third-order valence-corrected chi connectivity index (χ3v) is 4.27. The van der Waals surface area contributed by atoms with Gasteiger partial charge in [0.15, 0.2) is 0 Å². The van der Waals surface area contributed by atoms with Crippen LogP contribution in [-0.4, -0.2) is 48.7 Å². The van der Waals surface area contributed by atoms with Crippen LogP contribution in [-0.2, 0) is 16.1 Å². The number of carbonyl (C=O) groups excluding carboxylic acids is 2. The zero-order valence-electron chi connectivity index (χ0n) is 16.4. The summed E-state index contributed by atoms with van der Waals surface area (Å²) < 4.78 is 10.3. The van der Waals surface area contributed by atoms with Crippen molar-refractivity contribution >= 4 is 22.7 Å².